The largest absolute Gasteiger partial charge is 0.456 e. The fourth-order valence-corrected chi connectivity index (χ4v) is 3.42. The molecule has 0 aliphatic rings. The maximum absolute atomic E-state index is 11.9. The lowest BCUT2D eigenvalue weighted by Gasteiger charge is -2.17. The third kappa shape index (κ3) is 14.6. The number of hydrogen-bond donors (Lipinski definition) is 2. The molecule has 0 radical (unpaired) electrons. The summed E-state index contributed by atoms with van der Waals surface area (Å²) in [6, 6.07) is 3.93. The Kier molecular flexibility index (Phi) is 16.0. The van der Waals surface area contributed by atoms with E-state index in [-0.39, 0.29) is 12.5 Å². The number of aryl methyl sites for hydroxylation is 1. The zero-order valence-corrected chi connectivity index (χ0v) is 20.9. The van der Waals surface area contributed by atoms with Crippen molar-refractivity contribution < 1.29 is 28.7 Å². The molecule has 0 saturated carbocycles. The van der Waals surface area contributed by atoms with Gasteiger partial charge in [0.25, 0.3) is 0 Å². The summed E-state index contributed by atoms with van der Waals surface area (Å²) in [5.41, 5.74) is 0.978. The second-order valence-electron chi connectivity index (χ2n) is 8.98. The number of pyridine rings is 1. The van der Waals surface area contributed by atoms with Gasteiger partial charge in [-0.15, -0.1) is 0 Å². The summed E-state index contributed by atoms with van der Waals surface area (Å²) in [7, 11) is 0. The number of unbranched alkanes of at least 4 members (excludes halogenated alkanes) is 9. The van der Waals surface area contributed by atoms with Gasteiger partial charge in [-0.25, -0.2) is 9.36 Å². The second-order valence-corrected chi connectivity index (χ2v) is 8.98. The van der Waals surface area contributed by atoms with Crippen LogP contribution in [-0.4, -0.2) is 36.5 Å². The van der Waals surface area contributed by atoms with Crippen molar-refractivity contribution in [2.24, 2.45) is 5.92 Å². The number of amides is 1. The van der Waals surface area contributed by atoms with Crippen molar-refractivity contribution in [3.8, 4) is 0 Å². The van der Waals surface area contributed by atoms with E-state index in [1.54, 1.807) is 13.8 Å². The molecule has 1 atom stereocenters. The lowest BCUT2D eigenvalue weighted by molar-refractivity contribution is -0.697. The number of aliphatic hydroxyl groups excluding tert-OH is 1. The molecule has 0 bridgehead atoms. The number of aromatic nitrogens is 1. The highest BCUT2D eigenvalue weighted by Gasteiger charge is 2.18. The van der Waals surface area contributed by atoms with Crippen molar-refractivity contribution in [1.82, 2.24) is 5.32 Å². The van der Waals surface area contributed by atoms with E-state index in [1.165, 1.54) is 57.8 Å². The second kappa shape index (κ2) is 18.3. The third-order valence-electron chi connectivity index (χ3n) is 5.48. The Balaban J connectivity index is 2.21. The van der Waals surface area contributed by atoms with Crippen LogP contribution >= 0.6 is 0 Å². The fourth-order valence-electron chi connectivity index (χ4n) is 3.42. The normalized spacial score (nSPS) is 11.9. The first-order valence-corrected chi connectivity index (χ1v) is 12.7. The highest BCUT2D eigenvalue weighted by molar-refractivity contribution is 5.71. The zero-order valence-electron chi connectivity index (χ0n) is 20.9. The van der Waals surface area contributed by atoms with Gasteiger partial charge >= 0.3 is 12.1 Å². The summed E-state index contributed by atoms with van der Waals surface area (Å²) in [6.07, 6.45) is 15.8. The molecule has 1 aromatic rings. The monoisotopic (exact) mass is 465 g/mol. The van der Waals surface area contributed by atoms with Gasteiger partial charge in [-0.1, -0.05) is 72.1 Å². The number of nitrogens with one attached hydrogen (secondary N) is 1. The van der Waals surface area contributed by atoms with E-state index in [0.717, 1.165) is 18.5 Å². The minimum atomic E-state index is -0.856. The van der Waals surface area contributed by atoms with E-state index in [4.69, 9.17) is 9.47 Å². The third-order valence-corrected chi connectivity index (χ3v) is 5.48. The highest BCUT2D eigenvalue weighted by Crippen LogP contribution is 2.10. The van der Waals surface area contributed by atoms with Crippen molar-refractivity contribution in [2.75, 3.05) is 13.2 Å². The van der Waals surface area contributed by atoms with Gasteiger partial charge in [0.2, 0.25) is 0 Å². The molecule has 1 rings (SSSR count). The topological polar surface area (TPSA) is 88.7 Å². The Morgan fingerprint density at radius 2 is 1.67 bits per heavy atom. The van der Waals surface area contributed by atoms with Crippen LogP contribution < -0.4 is 9.88 Å². The quantitative estimate of drug-likeness (QED) is 0.187. The number of carbonyl (C=O) groups is 2. The summed E-state index contributed by atoms with van der Waals surface area (Å²) >= 11 is 0. The first kappa shape index (κ1) is 28.9. The van der Waals surface area contributed by atoms with E-state index in [9.17, 15) is 14.7 Å². The van der Waals surface area contributed by atoms with E-state index in [2.05, 4.69) is 16.8 Å². The number of carbonyl (C=O) groups excluding carboxylic acids is 2. The predicted octanol–water partition coefficient (Wildman–Crippen LogP) is 4.68. The van der Waals surface area contributed by atoms with Crippen molar-refractivity contribution in [1.29, 1.82) is 0 Å². The van der Waals surface area contributed by atoms with Gasteiger partial charge < -0.3 is 19.9 Å². The number of rotatable bonds is 18. The zero-order chi connectivity index (χ0) is 24.3. The Morgan fingerprint density at radius 1 is 1.03 bits per heavy atom. The molecule has 7 nitrogen and oxygen atoms in total. The average Bonchev–Trinajstić information content (AvgIpc) is 2.81. The molecule has 7 heteroatoms. The smallest absolute Gasteiger partial charge is 0.407 e. The molecule has 1 amide bonds. The van der Waals surface area contributed by atoms with Crippen molar-refractivity contribution >= 4 is 12.1 Å². The summed E-state index contributed by atoms with van der Waals surface area (Å²) < 4.78 is 12.3. The number of ether oxygens (including phenoxy) is 2. The number of esters is 1. The number of alkyl carbamates (subject to hydrolysis) is 1. The number of hydrogen-bond acceptors (Lipinski definition) is 5. The molecule has 0 saturated heterocycles. The summed E-state index contributed by atoms with van der Waals surface area (Å²) in [5, 5.41) is 12.0. The SMILES string of the molecule is CCCCCCCCCCCC[n+]1cccc(CNC(=O)OCC(CO)OC(=O)C(C)C)c1. The first-order chi connectivity index (χ1) is 16.0. The van der Waals surface area contributed by atoms with E-state index in [0.29, 0.717) is 6.54 Å². The van der Waals surface area contributed by atoms with Crippen LogP contribution in [0.25, 0.3) is 0 Å². The Morgan fingerprint density at radius 3 is 2.27 bits per heavy atom. The molecule has 33 heavy (non-hydrogen) atoms. The molecule has 1 unspecified atom stereocenters. The maximum Gasteiger partial charge on any atom is 0.407 e. The first-order valence-electron chi connectivity index (χ1n) is 12.7. The molecule has 188 valence electrons. The molecule has 0 aliphatic carbocycles. The summed E-state index contributed by atoms with van der Waals surface area (Å²) in [6.45, 7) is 6.38. The molecule has 0 aromatic carbocycles. The van der Waals surface area contributed by atoms with Crippen LogP contribution in [0.2, 0.25) is 0 Å². The van der Waals surface area contributed by atoms with Crippen molar-refractivity contribution in [3.05, 3.63) is 30.1 Å². The van der Waals surface area contributed by atoms with Crippen LogP contribution in [0.4, 0.5) is 4.79 Å². The lowest BCUT2D eigenvalue weighted by Crippen LogP contribution is -2.35. The predicted molar refractivity (Wildman–Crippen MR) is 128 cm³/mol. The minimum Gasteiger partial charge on any atom is -0.456 e. The molecule has 2 N–H and O–H groups in total. The van der Waals surface area contributed by atoms with Gasteiger partial charge in [-0.2, -0.15) is 0 Å². The number of nitrogens with zero attached hydrogens (tertiary/aromatic N) is 1. The van der Waals surface area contributed by atoms with Crippen LogP contribution in [0.3, 0.4) is 0 Å². The maximum atomic E-state index is 11.9. The lowest BCUT2D eigenvalue weighted by atomic mass is 10.1. The van der Waals surface area contributed by atoms with E-state index < -0.39 is 24.8 Å². The van der Waals surface area contributed by atoms with Crippen molar-refractivity contribution in [2.45, 2.75) is 104 Å². The van der Waals surface area contributed by atoms with Crippen LogP contribution in [0, 0.1) is 5.92 Å². The highest BCUT2D eigenvalue weighted by atomic mass is 16.6. The molecular weight excluding hydrogens is 420 g/mol. The molecule has 1 heterocycles. The molecule has 0 spiro atoms. The average molecular weight is 466 g/mol. The molecular formula is C26H45N2O5+. The summed E-state index contributed by atoms with van der Waals surface area (Å²) in [4.78, 5) is 23.5. The molecule has 0 fully saturated rings. The van der Waals surface area contributed by atoms with Crippen LogP contribution in [0.15, 0.2) is 24.5 Å². The van der Waals surface area contributed by atoms with Crippen LogP contribution in [0.1, 0.15) is 90.5 Å². The van der Waals surface area contributed by atoms with E-state index >= 15 is 0 Å². The van der Waals surface area contributed by atoms with Gasteiger partial charge in [-0.3, -0.25) is 4.79 Å². The molecule has 0 aliphatic heterocycles. The van der Waals surface area contributed by atoms with Gasteiger partial charge in [-0.05, 0) is 12.5 Å². The van der Waals surface area contributed by atoms with Crippen LogP contribution in [-0.2, 0) is 27.4 Å². The van der Waals surface area contributed by atoms with Gasteiger partial charge in [0.05, 0.1) is 19.1 Å². The standard InChI is InChI=1S/C26H44N2O5/c1-4-5-6-7-8-9-10-11-12-13-16-28-17-14-15-23(19-28)18-27-26(31)32-21-24(20-29)33-25(30)22(2)3/h14-15,17,19,22,24,29H,4-13,16,18,20-21H2,1-3H3/p+1. The van der Waals surface area contributed by atoms with Gasteiger partial charge in [0, 0.05) is 18.1 Å². The Labute approximate surface area is 199 Å². The number of aliphatic hydroxyl groups is 1. The molecule has 1 aromatic heterocycles. The Bertz CT molecular complexity index is 666. The Hall–Kier alpha value is -2.15. The fraction of sp³-hybridized carbons (Fsp3) is 0.731. The van der Waals surface area contributed by atoms with Gasteiger partial charge in [0.1, 0.15) is 13.2 Å². The van der Waals surface area contributed by atoms with E-state index in [1.807, 2.05) is 24.5 Å². The van der Waals surface area contributed by atoms with Crippen molar-refractivity contribution in [3.63, 3.8) is 0 Å². The van der Waals surface area contributed by atoms with Crippen LogP contribution in [0.5, 0.6) is 0 Å². The minimum absolute atomic E-state index is 0.186. The van der Waals surface area contributed by atoms with Gasteiger partial charge in [0.15, 0.2) is 18.5 Å². The summed E-state index contributed by atoms with van der Waals surface area (Å²) in [5.74, 6) is -0.743.